The number of hydrogen-bond donors (Lipinski definition) is 1. The van der Waals surface area contributed by atoms with Crippen molar-refractivity contribution in [2.75, 3.05) is 25.0 Å². The maximum absolute atomic E-state index is 13.1. The van der Waals surface area contributed by atoms with E-state index in [0.29, 0.717) is 13.1 Å². The molecule has 29 heavy (non-hydrogen) atoms. The lowest BCUT2D eigenvalue weighted by Gasteiger charge is -2.15. The van der Waals surface area contributed by atoms with Crippen LogP contribution in [0.1, 0.15) is 23.2 Å². The van der Waals surface area contributed by atoms with E-state index in [2.05, 4.69) is 5.32 Å². The van der Waals surface area contributed by atoms with Crippen LogP contribution < -0.4 is 5.32 Å². The average molecular weight is 441 g/mol. The molecule has 7 nitrogen and oxygen atoms in total. The number of ether oxygens (including phenoxy) is 1. The summed E-state index contributed by atoms with van der Waals surface area (Å²) >= 11 is 5.63. The predicted octanol–water partition coefficient (Wildman–Crippen LogP) is 3.06. The molecule has 10 heteroatoms. The van der Waals surface area contributed by atoms with Crippen LogP contribution in [0.5, 0.6) is 0 Å². The Morgan fingerprint density at radius 3 is 2.38 bits per heavy atom. The first kappa shape index (κ1) is 21.2. The molecule has 0 spiro atoms. The summed E-state index contributed by atoms with van der Waals surface area (Å²) in [6, 6.07) is 9.00. The minimum atomic E-state index is -3.57. The molecular formula is C19H18ClFN2O5S. The van der Waals surface area contributed by atoms with Crippen molar-refractivity contribution in [2.45, 2.75) is 17.7 Å². The highest BCUT2D eigenvalue weighted by Crippen LogP contribution is 2.21. The van der Waals surface area contributed by atoms with E-state index in [0.717, 1.165) is 18.9 Å². The molecule has 1 N–H and O–H groups in total. The largest absolute Gasteiger partial charge is 0.452 e. The molecule has 0 bridgehead atoms. The number of carbonyl (C=O) groups is 2. The average Bonchev–Trinajstić information content (AvgIpc) is 3.25. The van der Waals surface area contributed by atoms with Crippen LogP contribution in [0.3, 0.4) is 0 Å². The first-order valence-electron chi connectivity index (χ1n) is 8.79. The second kappa shape index (κ2) is 8.89. The SMILES string of the molecule is O=C(COC(=O)c1ccc(S(=O)(=O)N2CCCC2)cc1)Nc1ccc(F)c(Cl)c1. The van der Waals surface area contributed by atoms with Crippen molar-refractivity contribution in [3.05, 3.63) is 58.9 Å². The summed E-state index contributed by atoms with van der Waals surface area (Å²) in [4.78, 5) is 24.1. The van der Waals surface area contributed by atoms with Crippen LogP contribution >= 0.6 is 11.6 Å². The fraction of sp³-hybridized carbons (Fsp3) is 0.263. The molecule has 1 aliphatic heterocycles. The summed E-state index contributed by atoms with van der Waals surface area (Å²) in [5.41, 5.74) is 0.372. The van der Waals surface area contributed by atoms with E-state index in [1.165, 1.54) is 40.7 Å². The third-order valence-corrected chi connectivity index (χ3v) is 6.53. The van der Waals surface area contributed by atoms with Gasteiger partial charge >= 0.3 is 5.97 Å². The van der Waals surface area contributed by atoms with E-state index < -0.39 is 34.3 Å². The van der Waals surface area contributed by atoms with Gasteiger partial charge in [0.25, 0.3) is 5.91 Å². The minimum Gasteiger partial charge on any atom is -0.452 e. The van der Waals surface area contributed by atoms with E-state index in [9.17, 15) is 22.4 Å². The number of rotatable bonds is 6. The molecule has 1 heterocycles. The minimum absolute atomic E-state index is 0.0990. The summed E-state index contributed by atoms with van der Waals surface area (Å²) in [6.45, 7) is 0.405. The fourth-order valence-electron chi connectivity index (χ4n) is 2.83. The van der Waals surface area contributed by atoms with Gasteiger partial charge in [0.1, 0.15) is 5.82 Å². The van der Waals surface area contributed by atoms with Crippen molar-refractivity contribution in [1.29, 1.82) is 0 Å². The Morgan fingerprint density at radius 1 is 1.10 bits per heavy atom. The maximum Gasteiger partial charge on any atom is 0.338 e. The van der Waals surface area contributed by atoms with Crippen molar-refractivity contribution < 1.29 is 27.1 Å². The lowest BCUT2D eigenvalue weighted by Crippen LogP contribution is -2.27. The fourth-order valence-corrected chi connectivity index (χ4v) is 4.52. The van der Waals surface area contributed by atoms with Gasteiger partial charge in [0, 0.05) is 18.8 Å². The van der Waals surface area contributed by atoms with Crippen molar-refractivity contribution in [1.82, 2.24) is 4.31 Å². The zero-order chi connectivity index (χ0) is 21.0. The molecular weight excluding hydrogens is 423 g/mol. The Balaban J connectivity index is 1.56. The van der Waals surface area contributed by atoms with Crippen molar-refractivity contribution in [3.8, 4) is 0 Å². The predicted molar refractivity (Wildman–Crippen MR) is 105 cm³/mol. The maximum atomic E-state index is 13.1. The summed E-state index contributed by atoms with van der Waals surface area (Å²) in [6.07, 6.45) is 1.66. The van der Waals surface area contributed by atoms with E-state index in [1.807, 2.05) is 0 Å². The second-order valence-corrected chi connectivity index (χ2v) is 8.73. The smallest absolute Gasteiger partial charge is 0.338 e. The normalized spacial score (nSPS) is 14.6. The molecule has 2 aromatic rings. The van der Waals surface area contributed by atoms with Crippen LogP contribution in [0.25, 0.3) is 0 Å². The first-order chi connectivity index (χ1) is 13.8. The Kier molecular flexibility index (Phi) is 6.51. The molecule has 0 atom stereocenters. The number of hydrogen-bond acceptors (Lipinski definition) is 5. The number of anilines is 1. The number of sulfonamides is 1. The Hall–Kier alpha value is -2.49. The van der Waals surface area contributed by atoms with Crippen LogP contribution in [0.2, 0.25) is 5.02 Å². The number of amides is 1. The van der Waals surface area contributed by atoms with Crippen LogP contribution in [0.15, 0.2) is 47.4 Å². The Morgan fingerprint density at radius 2 is 1.76 bits per heavy atom. The molecule has 0 saturated carbocycles. The number of halogens is 2. The lowest BCUT2D eigenvalue weighted by molar-refractivity contribution is -0.119. The number of nitrogens with one attached hydrogen (secondary N) is 1. The van der Waals surface area contributed by atoms with Gasteiger partial charge in [-0.2, -0.15) is 4.31 Å². The molecule has 0 radical (unpaired) electrons. The zero-order valence-corrected chi connectivity index (χ0v) is 16.8. The third-order valence-electron chi connectivity index (χ3n) is 4.33. The summed E-state index contributed by atoms with van der Waals surface area (Å²) in [7, 11) is -3.57. The van der Waals surface area contributed by atoms with E-state index in [1.54, 1.807) is 0 Å². The highest BCUT2D eigenvalue weighted by Gasteiger charge is 2.27. The summed E-state index contributed by atoms with van der Waals surface area (Å²) in [5.74, 6) is -2.03. The molecule has 0 unspecified atom stereocenters. The van der Waals surface area contributed by atoms with Gasteiger partial charge in [-0.25, -0.2) is 17.6 Å². The monoisotopic (exact) mass is 440 g/mol. The molecule has 1 saturated heterocycles. The van der Waals surface area contributed by atoms with Gasteiger partial charge in [0.2, 0.25) is 10.0 Å². The van der Waals surface area contributed by atoms with Gasteiger partial charge in [-0.1, -0.05) is 11.6 Å². The molecule has 154 valence electrons. The lowest BCUT2D eigenvalue weighted by atomic mass is 10.2. The van der Waals surface area contributed by atoms with Crippen molar-refractivity contribution in [2.24, 2.45) is 0 Å². The molecule has 1 amide bonds. The number of benzene rings is 2. The van der Waals surface area contributed by atoms with Gasteiger partial charge in [0.05, 0.1) is 15.5 Å². The molecule has 0 aromatic heterocycles. The van der Waals surface area contributed by atoms with Gasteiger partial charge < -0.3 is 10.1 Å². The highest BCUT2D eigenvalue weighted by molar-refractivity contribution is 7.89. The first-order valence-corrected chi connectivity index (χ1v) is 10.6. The Bertz CT molecular complexity index is 1020. The summed E-state index contributed by atoms with van der Waals surface area (Å²) < 4.78 is 44.4. The van der Waals surface area contributed by atoms with Gasteiger partial charge in [0.15, 0.2) is 6.61 Å². The molecule has 1 aliphatic rings. The van der Waals surface area contributed by atoms with Gasteiger partial charge in [-0.3, -0.25) is 4.79 Å². The van der Waals surface area contributed by atoms with Gasteiger partial charge in [-0.15, -0.1) is 0 Å². The van der Waals surface area contributed by atoms with E-state index in [4.69, 9.17) is 16.3 Å². The number of carbonyl (C=O) groups excluding carboxylic acids is 2. The second-order valence-electron chi connectivity index (χ2n) is 6.39. The van der Waals surface area contributed by atoms with Gasteiger partial charge in [-0.05, 0) is 55.3 Å². The van der Waals surface area contributed by atoms with Crippen molar-refractivity contribution >= 4 is 39.2 Å². The topological polar surface area (TPSA) is 92.8 Å². The molecule has 0 aliphatic carbocycles. The molecule has 3 rings (SSSR count). The Labute approximate surface area is 172 Å². The standard InChI is InChI=1S/C19H18ClFN2O5S/c20-16-11-14(5-8-17(16)21)22-18(24)12-28-19(25)13-3-6-15(7-4-13)29(26,27)23-9-1-2-10-23/h3-8,11H,1-2,9-10,12H2,(H,22,24). The van der Waals surface area contributed by atoms with E-state index in [-0.39, 0.29) is 21.2 Å². The quantitative estimate of drug-likeness (QED) is 0.697. The van der Waals surface area contributed by atoms with Crippen LogP contribution in [-0.4, -0.2) is 44.3 Å². The number of esters is 1. The number of nitrogens with zero attached hydrogens (tertiary/aromatic N) is 1. The van der Waals surface area contributed by atoms with Crippen LogP contribution in [0, 0.1) is 5.82 Å². The third kappa shape index (κ3) is 5.11. The van der Waals surface area contributed by atoms with Crippen molar-refractivity contribution in [3.63, 3.8) is 0 Å². The van der Waals surface area contributed by atoms with Crippen LogP contribution in [-0.2, 0) is 19.6 Å². The zero-order valence-electron chi connectivity index (χ0n) is 15.2. The molecule has 1 fully saturated rings. The van der Waals surface area contributed by atoms with E-state index >= 15 is 0 Å². The van der Waals surface area contributed by atoms with Crippen LogP contribution in [0.4, 0.5) is 10.1 Å². The highest BCUT2D eigenvalue weighted by atomic mass is 35.5. The summed E-state index contributed by atoms with van der Waals surface area (Å²) in [5, 5.41) is 2.28. The molecule has 2 aromatic carbocycles.